The van der Waals surface area contributed by atoms with Gasteiger partial charge >= 0.3 is 5.82 Å². The van der Waals surface area contributed by atoms with E-state index in [1.54, 1.807) is 11.0 Å². The molecule has 2 amide bonds. The number of likely N-dealkylation sites (tertiary alicyclic amines) is 1. The summed E-state index contributed by atoms with van der Waals surface area (Å²) in [6.45, 7) is 0.905. The van der Waals surface area contributed by atoms with Gasteiger partial charge in [0.1, 0.15) is 5.82 Å². The fraction of sp³-hybridized carbons (Fsp3) is 0.194. The Balaban J connectivity index is 1.21. The first-order chi connectivity index (χ1) is 20.4. The highest BCUT2D eigenvalue weighted by Crippen LogP contribution is 2.48. The summed E-state index contributed by atoms with van der Waals surface area (Å²) < 4.78 is 16.6. The first-order valence-corrected chi connectivity index (χ1v) is 13.6. The lowest BCUT2D eigenvalue weighted by Crippen LogP contribution is -2.48. The molecule has 3 aromatic heterocycles. The predicted molar refractivity (Wildman–Crippen MR) is 153 cm³/mol. The predicted octanol–water partition coefficient (Wildman–Crippen LogP) is 5.21. The lowest BCUT2D eigenvalue weighted by molar-refractivity contribution is -0.389. The molecule has 1 fully saturated rings. The number of hydrogen-bond acceptors (Lipinski definition) is 5. The molecule has 0 atom stereocenters. The van der Waals surface area contributed by atoms with Crippen LogP contribution in [0.25, 0.3) is 16.8 Å². The summed E-state index contributed by atoms with van der Waals surface area (Å²) in [5, 5.41) is 11.3. The van der Waals surface area contributed by atoms with E-state index in [2.05, 4.69) is 9.97 Å². The Kier molecular flexibility index (Phi) is 5.89. The molecule has 2 aromatic carbocycles. The van der Waals surface area contributed by atoms with Crippen LogP contribution in [-0.4, -0.2) is 55.6 Å². The fourth-order valence-corrected chi connectivity index (χ4v) is 6.42. The summed E-state index contributed by atoms with van der Waals surface area (Å²) >= 11 is 0. The Morgan fingerprint density at radius 2 is 1.74 bits per heavy atom. The number of imidazole rings is 1. The van der Waals surface area contributed by atoms with Gasteiger partial charge in [0.05, 0.1) is 16.8 Å². The number of H-pyrrole nitrogens is 1. The average molecular weight is 565 g/mol. The molecular weight excluding hydrogens is 539 g/mol. The Labute approximate surface area is 239 Å². The van der Waals surface area contributed by atoms with Crippen molar-refractivity contribution in [2.45, 2.75) is 18.3 Å². The maximum Gasteiger partial charge on any atom is 0.353 e. The molecule has 5 aromatic rings. The van der Waals surface area contributed by atoms with Crippen molar-refractivity contribution in [2.75, 3.05) is 24.5 Å². The number of nitro groups is 1. The minimum Gasteiger partial charge on any atom is -0.358 e. The Hall–Kier alpha value is -5.32. The van der Waals surface area contributed by atoms with Gasteiger partial charge < -0.3 is 24.3 Å². The molecule has 10 nitrogen and oxygen atoms in total. The quantitative estimate of drug-likeness (QED) is 0.238. The number of halogens is 1. The lowest BCUT2D eigenvalue weighted by atomic mass is 9.74. The van der Waals surface area contributed by atoms with E-state index >= 15 is 0 Å². The van der Waals surface area contributed by atoms with Gasteiger partial charge in [0.25, 0.3) is 11.8 Å². The van der Waals surface area contributed by atoms with Gasteiger partial charge in [0.15, 0.2) is 6.33 Å². The van der Waals surface area contributed by atoms with Crippen LogP contribution in [0.4, 0.5) is 15.9 Å². The van der Waals surface area contributed by atoms with Crippen LogP contribution in [0.3, 0.4) is 0 Å². The third kappa shape index (κ3) is 3.96. The molecule has 0 aliphatic carbocycles. The summed E-state index contributed by atoms with van der Waals surface area (Å²) in [4.78, 5) is 47.6. The molecule has 210 valence electrons. The van der Waals surface area contributed by atoms with Gasteiger partial charge in [-0.1, -0.05) is 36.4 Å². The number of pyridine rings is 1. The zero-order valence-corrected chi connectivity index (χ0v) is 22.4. The number of amides is 2. The molecule has 0 saturated carbocycles. The van der Waals surface area contributed by atoms with Crippen molar-refractivity contribution >= 4 is 28.8 Å². The van der Waals surface area contributed by atoms with E-state index < -0.39 is 27.9 Å². The highest BCUT2D eigenvalue weighted by molar-refractivity contribution is 6.13. The Morgan fingerprint density at radius 1 is 0.976 bits per heavy atom. The number of fused-ring (bicyclic) bond motifs is 3. The zero-order chi connectivity index (χ0) is 29.0. The monoisotopic (exact) mass is 564 g/mol. The number of rotatable bonds is 4. The summed E-state index contributed by atoms with van der Waals surface area (Å²) in [5.41, 5.74) is 3.77. The smallest absolute Gasteiger partial charge is 0.353 e. The number of anilines is 1. The fourth-order valence-electron chi connectivity index (χ4n) is 6.42. The number of nitrogens with zero attached hydrogens (tertiary/aromatic N) is 5. The molecule has 0 unspecified atom stereocenters. The number of hydrogen-bond donors (Lipinski definition) is 1. The molecule has 2 aliphatic rings. The molecule has 0 bridgehead atoms. The topological polar surface area (TPSA) is 117 Å². The number of nitrogens with one attached hydrogen (secondary N) is 1. The number of carbonyl (C=O) groups excluding carboxylic acids is 2. The van der Waals surface area contributed by atoms with Crippen LogP contribution in [0.1, 0.15) is 39.3 Å². The maximum absolute atomic E-state index is 14.6. The number of aromatic nitrogens is 3. The average Bonchev–Trinajstić information content (AvgIpc) is 3.73. The lowest BCUT2D eigenvalue weighted by Gasteiger charge is -2.39. The van der Waals surface area contributed by atoms with E-state index in [1.807, 2.05) is 65.2 Å². The number of piperidine rings is 1. The SMILES string of the molecule is O=C(c1nc[nH]c1[N+](=O)[O-])N1CCC2(CC1)CN(C(=O)c1cc(-c3ccccc3)n3ccccc13)c1ccc(F)cc12. The number of carbonyl (C=O) groups is 2. The van der Waals surface area contributed by atoms with Crippen molar-refractivity contribution in [3.8, 4) is 11.3 Å². The van der Waals surface area contributed by atoms with E-state index in [9.17, 15) is 24.1 Å². The molecule has 42 heavy (non-hydrogen) atoms. The van der Waals surface area contributed by atoms with E-state index in [0.29, 0.717) is 30.6 Å². The molecule has 2 aliphatic heterocycles. The standard InChI is InChI=1S/C31H25FN6O4/c32-21-9-10-25-23(16-21)31(11-14-35(15-12-31)30(40)27-28(38(41)42)34-19-33-27)18-37(25)29(39)22-17-26(20-6-2-1-3-7-20)36-13-5-4-8-24(22)36/h1-10,13,16-17,19H,11-12,14-15,18H2,(H,33,34). The minimum absolute atomic E-state index is 0.184. The second-order valence-electron chi connectivity index (χ2n) is 10.7. The van der Waals surface area contributed by atoms with Crippen LogP contribution >= 0.6 is 0 Å². The first kappa shape index (κ1) is 25.6. The zero-order valence-electron chi connectivity index (χ0n) is 22.4. The number of aromatic amines is 1. The van der Waals surface area contributed by atoms with Gasteiger partial charge in [-0.3, -0.25) is 9.59 Å². The van der Waals surface area contributed by atoms with Gasteiger partial charge in [-0.15, -0.1) is 0 Å². The van der Waals surface area contributed by atoms with Crippen LogP contribution in [0.2, 0.25) is 0 Å². The molecule has 1 spiro atoms. The molecular formula is C31H25FN6O4. The second kappa shape index (κ2) is 9.65. The van der Waals surface area contributed by atoms with Gasteiger partial charge in [-0.25, -0.2) is 14.4 Å². The van der Waals surface area contributed by atoms with Crippen LogP contribution < -0.4 is 4.90 Å². The first-order valence-electron chi connectivity index (χ1n) is 13.6. The Morgan fingerprint density at radius 3 is 2.50 bits per heavy atom. The molecule has 1 N–H and O–H groups in total. The van der Waals surface area contributed by atoms with Crippen LogP contribution in [0.5, 0.6) is 0 Å². The van der Waals surface area contributed by atoms with Crippen LogP contribution in [-0.2, 0) is 5.41 Å². The number of benzene rings is 2. The van der Waals surface area contributed by atoms with Crippen LogP contribution in [0.15, 0.2) is 85.3 Å². The molecule has 0 radical (unpaired) electrons. The third-order valence-electron chi connectivity index (χ3n) is 8.52. The largest absolute Gasteiger partial charge is 0.358 e. The normalized spacial score (nSPS) is 15.7. The van der Waals surface area contributed by atoms with Gasteiger partial charge in [-0.05, 0) is 65.3 Å². The van der Waals surface area contributed by atoms with E-state index in [4.69, 9.17) is 0 Å². The van der Waals surface area contributed by atoms with Crippen molar-refractivity contribution in [1.29, 1.82) is 0 Å². The summed E-state index contributed by atoms with van der Waals surface area (Å²) in [7, 11) is 0. The van der Waals surface area contributed by atoms with Gasteiger partial charge in [0.2, 0.25) is 5.69 Å². The van der Waals surface area contributed by atoms with Crippen molar-refractivity contribution in [3.63, 3.8) is 0 Å². The second-order valence-corrected chi connectivity index (χ2v) is 10.7. The Bertz CT molecular complexity index is 1870. The summed E-state index contributed by atoms with van der Waals surface area (Å²) in [6, 6.07) is 22.0. The van der Waals surface area contributed by atoms with E-state index in [0.717, 1.165) is 28.7 Å². The molecule has 7 rings (SSSR count). The summed E-state index contributed by atoms with van der Waals surface area (Å²) in [5.74, 6) is -1.55. The van der Waals surface area contributed by atoms with Gasteiger partial charge in [0, 0.05) is 36.9 Å². The van der Waals surface area contributed by atoms with E-state index in [1.165, 1.54) is 17.0 Å². The molecule has 11 heteroatoms. The summed E-state index contributed by atoms with van der Waals surface area (Å²) in [6.07, 6.45) is 3.98. The molecule has 5 heterocycles. The van der Waals surface area contributed by atoms with Crippen LogP contribution in [0, 0.1) is 15.9 Å². The minimum atomic E-state index is -0.667. The highest BCUT2D eigenvalue weighted by atomic mass is 19.1. The van der Waals surface area contributed by atoms with Crippen molar-refractivity contribution in [2.24, 2.45) is 0 Å². The highest BCUT2D eigenvalue weighted by Gasteiger charge is 2.48. The third-order valence-corrected chi connectivity index (χ3v) is 8.52. The van der Waals surface area contributed by atoms with Crippen molar-refractivity contribution < 1.29 is 18.9 Å². The van der Waals surface area contributed by atoms with Crippen molar-refractivity contribution in [3.05, 3.63) is 118 Å². The van der Waals surface area contributed by atoms with Gasteiger partial charge in [-0.2, -0.15) is 0 Å². The van der Waals surface area contributed by atoms with Crippen molar-refractivity contribution in [1.82, 2.24) is 19.3 Å². The van der Waals surface area contributed by atoms with E-state index in [-0.39, 0.29) is 24.7 Å². The maximum atomic E-state index is 14.6. The molecule has 1 saturated heterocycles.